The highest BCUT2D eigenvalue weighted by Crippen LogP contribution is 2.14. The number of para-hydroxylation sites is 1. The minimum absolute atomic E-state index is 0.505. The summed E-state index contributed by atoms with van der Waals surface area (Å²) in [5, 5.41) is 4.27. The second kappa shape index (κ2) is 8.35. The third-order valence-corrected chi connectivity index (χ3v) is 3.30. The largest absolute Gasteiger partial charge is 0.496 e. The van der Waals surface area contributed by atoms with Crippen LogP contribution in [0.25, 0.3) is 0 Å². The van der Waals surface area contributed by atoms with Gasteiger partial charge in [-0.2, -0.15) is 5.10 Å². The summed E-state index contributed by atoms with van der Waals surface area (Å²) >= 11 is 0. The second-order valence-corrected chi connectivity index (χ2v) is 4.98. The number of aliphatic imine (C=N–C) groups is 1. The van der Waals surface area contributed by atoms with Crippen molar-refractivity contribution in [1.82, 2.24) is 15.4 Å². The van der Waals surface area contributed by atoms with E-state index in [1.807, 2.05) is 60.7 Å². The van der Waals surface area contributed by atoms with Crippen molar-refractivity contribution in [2.45, 2.75) is 0 Å². The number of hydrazone groups is 1. The van der Waals surface area contributed by atoms with Crippen LogP contribution in [0.3, 0.4) is 0 Å². The van der Waals surface area contributed by atoms with E-state index in [9.17, 15) is 0 Å². The van der Waals surface area contributed by atoms with E-state index in [1.165, 1.54) is 0 Å². The average molecular weight is 331 g/mol. The molecule has 3 rings (SSSR count). The smallest absolute Gasteiger partial charge is 0.174 e. The van der Waals surface area contributed by atoms with E-state index in [-0.39, 0.29) is 0 Å². The van der Waals surface area contributed by atoms with E-state index in [2.05, 4.69) is 25.5 Å². The molecule has 2 aromatic heterocycles. The first kappa shape index (κ1) is 16.3. The van der Waals surface area contributed by atoms with Crippen LogP contribution in [0.4, 0.5) is 5.82 Å². The molecule has 0 unspecified atom stereocenters. The maximum atomic E-state index is 5.31. The van der Waals surface area contributed by atoms with Gasteiger partial charge in [0.25, 0.3) is 0 Å². The highest BCUT2D eigenvalue weighted by atomic mass is 16.5. The Bertz CT molecular complexity index is 863. The fourth-order valence-electron chi connectivity index (χ4n) is 2.11. The first-order valence-electron chi connectivity index (χ1n) is 7.70. The number of methoxy groups -OCH3 is 1. The van der Waals surface area contributed by atoms with Gasteiger partial charge in [-0.25, -0.2) is 9.98 Å². The first-order chi connectivity index (χ1) is 12.4. The normalized spacial score (nSPS) is 11.5. The van der Waals surface area contributed by atoms with Crippen LogP contribution in [0.2, 0.25) is 0 Å². The Kier molecular flexibility index (Phi) is 5.45. The molecule has 25 heavy (non-hydrogen) atoms. The Labute approximate surface area is 146 Å². The fourth-order valence-corrected chi connectivity index (χ4v) is 2.11. The summed E-state index contributed by atoms with van der Waals surface area (Å²) in [5.74, 6) is 1.82. The van der Waals surface area contributed by atoms with E-state index in [0.717, 1.165) is 11.3 Å². The van der Waals surface area contributed by atoms with Crippen LogP contribution in [0.15, 0.2) is 83.2 Å². The maximum absolute atomic E-state index is 5.31. The molecule has 0 amide bonds. The molecular weight excluding hydrogens is 314 g/mol. The number of nitrogens with one attached hydrogen (secondary N) is 1. The van der Waals surface area contributed by atoms with Gasteiger partial charge in [-0.05, 0) is 36.4 Å². The zero-order valence-electron chi connectivity index (χ0n) is 13.7. The Morgan fingerprint density at radius 3 is 2.44 bits per heavy atom. The highest BCUT2D eigenvalue weighted by molar-refractivity contribution is 5.99. The maximum Gasteiger partial charge on any atom is 0.174 e. The number of pyridine rings is 2. The number of rotatable bonds is 5. The molecule has 3 aromatic rings. The minimum atomic E-state index is 0.505. The number of ether oxygens (including phenoxy) is 1. The third-order valence-electron chi connectivity index (χ3n) is 3.30. The van der Waals surface area contributed by atoms with Crippen LogP contribution in [0, 0.1) is 0 Å². The Hall–Kier alpha value is -3.54. The number of benzene rings is 1. The molecule has 6 nitrogen and oxygen atoms in total. The number of hydrogen-bond donors (Lipinski definition) is 1. The van der Waals surface area contributed by atoms with Gasteiger partial charge in [0.15, 0.2) is 11.7 Å². The van der Waals surface area contributed by atoms with Crippen molar-refractivity contribution in [2.24, 2.45) is 10.1 Å². The van der Waals surface area contributed by atoms with Crippen LogP contribution in [-0.4, -0.2) is 29.1 Å². The van der Waals surface area contributed by atoms with Gasteiger partial charge in [-0.15, -0.1) is 0 Å². The number of aromatic nitrogens is 2. The van der Waals surface area contributed by atoms with Gasteiger partial charge in [0.1, 0.15) is 11.4 Å². The van der Waals surface area contributed by atoms with Gasteiger partial charge in [0.05, 0.1) is 13.3 Å². The molecule has 0 fully saturated rings. The molecule has 1 N–H and O–H groups in total. The fraction of sp³-hybridized carbons (Fsp3) is 0.0526. The quantitative estimate of drug-likeness (QED) is 0.443. The van der Waals surface area contributed by atoms with Gasteiger partial charge in [-0.3, -0.25) is 10.4 Å². The van der Waals surface area contributed by atoms with E-state index in [4.69, 9.17) is 4.74 Å². The van der Waals surface area contributed by atoms with E-state index in [0.29, 0.717) is 17.3 Å². The lowest BCUT2D eigenvalue weighted by molar-refractivity contribution is 0.414. The molecule has 124 valence electrons. The molecule has 6 heteroatoms. The van der Waals surface area contributed by atoms with Crippen molar-refractivity contribution in [1.29, 1.82) is 0 Å². The molecule has 0 aliphatic heterocycles. The average Bonchev–Trinajstić information content (AvgIpc) is 2.69. The first-order valence-corrected chi connectivity index (χ1v) is 7.70. The van der Waals surface area contributed by atoms with Crippen LogP contribution in [0.5, 0.6) is 5.75 Å². The minimum Gasteiger partial charge on any atom is -0.496 e. The number of amidine groups is 1. The van der Waals surface area contributed by atoms with Gasteiger partial charge >= 0.3 is 0 Å². The molecular formula is C19H17N5O. The van der Waals surface area contributed by atoms with E-state index in [1.54, 1.807) is 25.7 Å². The van der Waals surface area contributed by atoms with Crippen LogP contribution < -0.4 is 10.2 Å². The monoisotopic (exact) mass is 331 g/mol. The zero-order valence-corrected chi connectivity index (χ0v) is 13.7. The van der Waals surface area contributed by atoms with E-state index < -0.39 is 0 Å². The topological polar surface area (TPSA) is 71.8 Å². The molecule has 2 heterocycles. The van der Waals surface area contributed by atoms with Crippen LogP contribution in [0.1, 0.15) is 11.3 Å². The van der Waals surface area contributed by atoms with E-state index >= 15 is 0 Å². The molecule has 1 aromatic carbocycles. The molecule has 0 aliphatic rings. The van der Waals surface area contributed by atoms with Crippen molar-refractivity contribution in [2.75, 3.05) is 7.11 Å². The lowest BCUT2D eigenvalue weighted by Crippen LogP contribution is -2.20. The lowest BCUT2D eigenvalue weighted by atomic mass is 10.2. The van der Waals surface area contributed by atoms with Crippen LogP contribution in [-0.2, 0) is 0 Å². The predicted octanol–water partition coefficient (Wildman–Crippen LogP) is 3.19. The van der Waals surface area contributed by atoms with Gasteiger partial charge in [0.2, 0.25) is 0 Å². The highest BCUT2D eigenvalue weighted by Gasteiger charge is 2.05. The second-order valence-electron chi connectivity index (χ2n) is 4.98. The van der Waals surface area contributed by atoms with Crippen molar-refractivity contribution in [3.8, 4) is 5.75 Å². The van der Waals surface area contributed by atoms with Crippen molar-refractivity contribution < 1.29 is 4.74 Å². The molecule has 0 saturated heterocycles. The molecule has 0 radical (unpaired) electrons. The molecule has 0 aliphatic carbocycles. The summed E-state index contributed by atoms with van der Waals surface area (Å²) in [6.07, 6.45) is 5.07. The van der Waals surface area contributed by atoms with Crippen molar-refractivity contribution in [3.63, 3.8) is 0 Å². The summed E-state index contributed by atoms with van der Waals surface area (Å²) in [6.45, 7) is 0. The lowest BCUT2D eigenvalue weighted by Gasteiger charge is -2.06. The molecule has 0 spiro atoms. The molecule has 0 atom stereocenters. The third kappa shape index (κ3) is 4.48. The Morgan fingerprint density at radius 1 is 0.960 bits per heavy atom. The van der Waals surface area contributed by atoms with Gasteiger partial charge in [-0.1, -0.05) is 24.3 Å². The van der Waals surface area contributed by atoms with Crippen LogP contribution >= 0.6 is 0 Å². The SMILES string of the molecule is COc1ccccc1C=NNC(=Nc1ccccn1)c1ccccn1. The van der Waals surface area contributed by atoms with Crippen molar-refractivity contribution >= 4 is 17.9 Å². The molecule has 0 bridgehead atoms. The predicted molar refractivity (Wildman–Crippen MR) is 98.4 cm³/mol. The number of hydrogen-bond acceptors (Lipinski definition) is 5. The van der Waals surface area contributed by atoms with Gasteiger partial charge < -0.3 is 4.74 Å². The zero-order chi connectivity index (χ0) is 17.3. The summed E-state index contributed by atoms with van der Waals surface area (Å²) in [4.78, 5) is 13.0. The Morgan fingerprint density at radius 2 is 1.72 bits per heavy atom. The number of nitrogens with zero attached hydrogens (tertiary/aromatic N) is 4. The summed E-state index contributed by atoms with van der Waals surface area (Å²) in [6, 6.07) is 18.7. The summed E-state index contributed by atoms with van der Waals surface area (Å²) in [7, 11) is 1.63. The Balaban J connectivity index is 1.86. The summed E-state index contributed by atoms with van der Waals surface area (Å²) < 4.78 is 5.31. The van der Waals surface area contributed by atoms with Crippen molar-refractivity contribution in [3.05, 3.63) is 84.3 Å². The summed E-state index contributed by atoms with van der Waals surface area (Å²) in [5.41, 5.74) is 4.47. The van der Waals surface area contributed by atoms with Gasteiger partial charge in [0, 0.05) is 18.0 Å². The molecule has 0 saturated carbocycles. The standard InChI is InChI=1S/C19H17N5O/c1-25-17-10-3-2-8-15(17)14-22-24-19(16-9-4-6-12-20-16)23-18-11-5-7-13-21-18/h2-14H,1H3,(H,21,23,24).